The van der Waals surface area contributed by atoms with Gasteiger partial charge in [0.2, 0.25) is 0 Å². The van der Waals surface area contributed by atoms with Crippen LogP contribution in [0.4, 0.5) is 4.79 Å². The maximum absolute atomic E-state index is 12.0. The van der Waals surface area contributed by atoms with Crippen LogP contribution in [0.2, 0.25) is 0 Å². The number of nitrogens with one attached hydrogen (secondary N) is 1. The van der Waals surface area contributed by atoms with Gasteiger partial charge in [0.1, 0.15) is 6.61 Å². The molecule has 3 aromatic rings. The van der Waals surface area contributed by atoms with Crippen LogP contribution in [0.25, 0.3) is 11.1 Å². The van der Waals surface area contributed by atoms with Crippen molar-refractivity contribution < 1.29 is 24.1 Å². The highest BCUT2D eigenvalue weighted by Gasteiger charge is 2.34. The zero-order chi connectivity index (χ0) is 30.7. The molecule has 3 aromatic carbocycles. The first-order chi connectivity index (χ1) is 21.6. The van der Waals surface area contributed by atoms with E-state index in [0.29, 0.717) is 12.6 Å². The molecule has 1 aliphatic carbocycles. The van der Waals surface area contributed by atoms with Crippen LogP contribution in [0.5, 0.6) is 0 Å². The fourth-order valence-electron chi connectivity index (χ4n) is 6.23. The van der Waals surface area contributed by atoms with Crippen LogP contribution in [0.3, 0.4) is 0 Å². The van der Waals surface area contributed by atoms with E-state index in [-0.39, 0.29) is 25.4 Å². The van der Waals surface area contributed by atoms with Gasteiger partial charge in [-0.25, -0.2) is 4.79 Å². The second kappa shape index (κ2) is 15.8. The summed E-state index contributed by atoms with van der Waals surface area (Å²) in [5.74, 6) is 0. The Morgan fingerprint density at radius 1 is 0.955 bits per heavy atom. The molecule has 3 atom stereocenters. The third-order valence-corrected chi connectivity index (χ3v) is 8.52. The van der Waals surface area contributed by atoms with E-state index in [1.165, 1.54) is 25.7 Å². The van der Waals surface area contributed by atoms with E-state index in [1.54, 1.807) is 6.08 Å². The Kier molecular flexibility index (Phi) is 11.4. The van der Waals surface area contributed by atoms with Crippen LogP contribution in [0.15, 0.2) is 98.1 Å². The fraction of sp³-hybridized carbons (Fsp3) is 0.378. The van der Waals surface area contributed by atoms with E-state index < -0.39 is 12.4 Å². The van der Waals surface area contributed by atoms with Gasteiger partial charge in [0, 0.05) is 37.7 Å². The third kappa shape index (κ3) is 8.24. The van der Waals surface area contributed by atoms with Crippen molar-refractivity contribution in [2.24, 2.45) is 0 Å². The monoisotopic (exact) mass is 596 g/mol. The summed E-state index contributed by atoms with van der Waals surface area (Å²) in [7, 11) is 0. The second-order valence-corrected chi connectivity index (χ2v) is 11.6. The van der Waals surface area contributed by atoms with Crippen LogP contribution < -0.4 is 5.32 Å². The maximum atomic E-state index is 12.0. The summed E-state index contributed by atoms with van der Waals surface area (Å²) < 4.78 is 18.3. The number of hydrogen-bond acceptors (Lipinski definition) is 6. The summed E-state index contributed by atoms with van der Waals surface area (Å²) >= 11 is 0. The van der Waals surface area contributed by atoms with Crippen molar-refractivity contribution in [1.29, 1.82) is 0 Å². The smallest absolute Gasteiger partial charge is 0.407 e. The standard InChI is InChI=1S/C37H44N2O5/c1-3-21-39(32-10-6-7-11-32)25-33-23-35(29-15-13-27(26-40)14-16-29)44-36(43-33)30-19-17-28(18-20-30)34-12-8-5-9-31(34)24-38-37(41)42-22-4-2/h3-5,8-9,12-20,32-33,35-36,40H,1-2,6-7,10-11,21-26H2,(H,38,41). The Morgan fingerprint density at radius 3 is 2.39 bits per heavy atom. The first-order valence-electron chi connectivity index (χ1n) is 15.6. The van der Waals surface area contributed by atoms with E-state index in [4.69, 9.17) is 14.2 Å². The molecule has 7 heteroatoms. The van der Waals surface area contributed by atoms with Gasteiger partial charge in [0.05, 0.1) is 18.8 Å². The second-order valence-electron chi connectivity index (χ2n) is 11.6. The molecule has 1 amide bonds. The van der Waals surface area contributed by atoms with Gasteiger partial charge in [-0.05, 0) is 40.7 Å². The lowest BCUT2D eigenvalue weighted by Gasteiger charge is -2.39. The van der Waals surface area contributed by atoms with E-state index in [2.05, 4.69) is 59.8 Å². The highest BCUT2D eigenvalue weighted by atomic mass is 16.7. The number of carbonyl (C=O) groups is 1. The van der Waals surface area contributed by atoms with Crippen molar-refractivity contribution in [3.05, 3.63) is 120 Å². The van der Waals surface area contributed by atoms with E-state index >= 15 is 0 Å². The Morgan fingerprint density at radius 2 is 1.68 bits per heavy atom. The number of amides is 1. The van der Waals surface area contributed by atoms with Crippen LogP contribution in [-0.4, -0.2) is 47.9 Å². The molecule has 1 saturated heterocycles. The van der Waals surface area contributed by atoms with Gasteiger partial charge in [-0.2, -0.15) is 0 Å². The Labute approximate surface area is 261 Å². The van der Waals surface area contributed by atoms with Gasteiger partial charge < -0.3 is 24.6 Å². The van der Waals surface area contributed by atoms with E-state index in [1.807, 2.05) is 42.5 Å². The molecule has 1 aliphatic heterocycles. The molecule has 2 fully saturated rings. The molecule has 5 rings (SSSR count). The zero-order valence-electron chi connectivity index (χ0n) is 25.4. The van der Waals surface area contributed by atoms with Gasteiger partial charge in [-0.3, -0.25) is 4.90 Å². The molecule has 0 spiro atoms. The summed E-state index contributed by atoms with van der Waals surface area (Å²) in [4.78, 5) is 14.5. The van der Waals surface area contributed by atoms with Crippen molar-refractivity contribution in [3.8, 4) is 11.1 Å². The molecule has 7 nitrogen and oxygen atoms in total. The number of carbonyl (C=O) groups excluding carboxylic acids is 1. The van der Waals surface area contributed by atoms with Gasteiger partial charge in [0.25, 0.3) is 0 Å². The van der Waals surface area contributed by atoms with Gasteiger partial charge >= 0.3 is 6.09 Å². The lowest BCUT2D eigenvalue weighted by Crippen LogP contribution is -2.43. The minimum absolute atomic E-state index is 0.0101. The average molecular weight is 597 g/mol. The summed E-state index contributed by atoms with van der Waals surface area (Å²) in [6, 6.07) is 24.9. The number of aliphatic hydroxyl groups excluding tert-OH is 1. The molecular weight excluding hydrogens is 552 g/mol. The lowest BCUT2D eigenvalue weighted by molar-refractivity contribution is -0.253. The minimum Gasteiger partial charge on any atom is -0.445 e. The van der Waals surface area contributed by atoms with Crippen LogP contribution >= 0.6 is 0 Å². The first kappa shape index (κ1) is 31.7. The normalized spacial score (nSPS) is 20.4. The quantitative estimate of drug-likeness (QED) is 0.203. The largest absolute Gasteiger partial charge is 0.445 e. The number of aliphatic hydroxyl groups is 1. The highest BCUT2D eigenvalue weighted by molar-refractivity contribution is 5.70. The predicted molar refractivity (Wildman–Crippen MR) is 173 cm³/mol. The number of ether oxygens (including phenoxy) is 3. The number of alkyl carbamates (subject to hydrolysis) is 1. The van der Waals surface area contributed by atoms with Crippen molar-refractivity contribution in [1.82, 2.24) is 10.2 Å². The zero-order valence-corrected chi connectivity index (χ0v) is 25.4. The van der Waals surface area contributed by atoms with Crippen molar-refractivity contribution in [2.75, 3.05) is 19.7 Å². The third-order valence-electron chi connectivity index (χ3n) is 8.52. The summed E-state index contributed by atoms with van der Waals surface area (Å²) in [6.45, 7) is 9.81. The molecule has 2 aliphatic rings. The lowest BCUT2D eigenvalue weighted by atomic mass is 9.97. The minimum atomic E-state index is -0.518. The number of rotatable bonds is 13. The molecular formula is C37H44N2O5. The molecule has 44 heavy (non-hydrogen) atoms. The maximum Gasteiger partial charge on any atom is 0.407 e. The van der Waals surface area contributed by atoms with E-state index in [0.717, 1.165) is 52.9 Å². The van der Waals surface area contributed by atoms with Crippen molar-refractivity contribution >= 4 is 6.09 Å². The van der Waals surface area contributed by atoms with E-state index in [9.17, 15) is 9.90 Å². The highest BCUT2D eigenvalue weighted by Crippen LogP contribution is 2.39. The van der Waals surface area contributed by atoms with Crippen LogP contribution in [0.1, 0.15) is 66.8 Å². The van der Waals surface area contributed by atoms with Crippen molar-refractivity contribution in [2.45, 2.75) is 69.8 Å². The summed E-state index contributed by atoms with van der Waals surface area (Å²) in [5, 5.41) is 12.4. The molecule has 3 unspecified atom stereocenters. The molecule has 0 bridgehead atoms. The Bertz CT molecular complexity index is 1370. The number of nitrogens with zero attached hydrogens (tertiary/aromatic N) is 1. The van der Waals surface area contributed by atoms with Crippen molar-refractivity contribution in [3.63, 3.8) is 0 Å². The van der Waals surface area contributed by atoms with Gasteiger partial charge in [-0.15, -0.1) is 6.58 Å². The first-order valence-corrected chi connectivity index (χ1v) is 15.6. The van der Waals surface area contributed by atoms with Crippen LogP contribution in [0, 0.1) is 0 Å². The number of hydrogen-bond donors (Lipinski definition) is 2. The molecule has 1 heterocycles. The molecule has 2 N–H and O–H groups in total. The summed E-state index contributed by atoms with van der Waals surface area (Å²) in [6.07, 6.45) is 8.16. The fourth-order valence-corrected chi connectivity index (χ4v) is 6.23. The average Bonchev–Trinajstić information content (AvgIpc) is 3.62. The van der Waals surface area contributed by atoms with Gasteiger partial charge in [0.15, 0.2) is 6.29 Å². The Balaban J connectivity index is 1.34. The topological polar surface area (TPSA) is 80.3 Å². The van der Waals surface area contributed by atoms with Gasteiger partial charge in [-0.1, -0.05) is 104 Å². The SMILES string of the molecule is C=CCOC(=O)NCc1ccccc1-c1ccc(C2OC(CN(CC=C)C3CCCC3)CC(c3ccc(CO)cc3)O2)cc1. The number of benzene rings is 3. The molecule has 0 radical (unpaired) electrons. The summed E-state index contributed by atoms with van der Waals surface area (Å²) in [5.41, 5.74) is 5.97. The predicted octanol–water partition coefficient (Wildman–Crippen LogP) is 7.23. The Hall–Kier alpha value is -3.75. The molecule has 232 valence electrons. The van der Waals surface area contributed by atoms with Crippen LogP contribution in [-0.2, 0) is 27.4 Å². The molecule has 1 saturated carbocycles. The molecule has 0 aromatic heterocycles.